The van der Waals surface area contributed by atoms with Crippen molar-refractivity contribution in [1.29, 1.82) is 0 Å². The Morgan fingerprint density at radius 2 is 1.90 bits per heavy atom. The Morgan fingerprint density at radius 3 is 2.65 bits per heavy atom. The molecule has 1 aromatic carbocycles. The number of furan rings is 1. The first kappa shape index (κ1) is 15.0. The van der Waals surface area contributed by atoms with Gasteiger partial charge in [0.2, 0.25) is 0 Å². The van der Waals surface area contributed by atoms with E-state index in [1.54, 1.807) is 0 Å². The summed E-state index contributed by atoms with van der Waals surface area (Å²) in [4.78, 5) is 0.898. The van der Waals surface area contributed by atoms with Gasteiger partial charge in [-0.1, -0.05) is 19.1 Å². The van der Waals surface area contributed by atoms with Gasteiger partial charge in [-0.05, 0) is 49.7 Å². The van der Waals surface area contributed by atoms with Crippen molar-refractivity contribution in [2.45, 2.75) is 38.0 Å². The van der Waals surface area contributed by atoms with Crippen LogP contribution in [0.15, 0.2) is 39.6 Å². The number of hydrogen-bond acceptors (Lipinski definition) is 3. The third kappa shape index (κ3) is 3.81. The summed E-state index contributed by atoms with van der Waals surface area (Å²) >= 11 is 0. The minimum Gasteiger partial charge on any atom is -0.464 e. The number of rotatable bonds is 6. The van der Waals surface area contributed by atoms with E-state index in [2.05, 4.69) is 12.2 Å². The third-order valence-corrected chi connectivity index (χ3v) is 4.61. The Balaban J connectivity index is 2.07. The van der Waals surface area contributed by atoms with E-state index in [1.165, 1.54) is 0 Å². The van der Waals surface area contributed by atoms with Gasteiger partial charge in [0.1, 0.15) is 11.5 Å². The lowest BCUT2D eigenvalue weighted by atomic mass is 10.2. The van der Waals surface area contributed by atoms with E-state index >= 15 is 0 Å². The zero-order valence-electron chi connectivity index (χ0n) is 12.2. The van der Waals surface area contributed by atoms with E-state index in [9.17, 15) is 4.21 Å². The highest BCUT2D eigenvalue weighted by Crippen LogP contribution is 2.19. The van der Waals surface area contributed by atoms with Gasteiger partial charge in [0.05, 0.1) is 23.1 Å². The molecule has 20 heavy (non-hydrogen) atoms. The second kappa shape index (κ2) is 6.86. The van der Waals surface area contributed by atoms with Crippen LogP contribution in [0.4, 0.5) is 0 Å². The summed E-state index contributed by atoms with van der Waals surface area (Å²) in [5.74, 6) is 2.09. The number of aryl methyl sites for hydroxylation is 2. The molecule has 0 bridgehead atoms. The fourth-order valence-corrected chi connectivity index (χ4v) is 3.32. The van der Waals surface area contributed by atoms with Crippen LogP contribution >= 0.6 is 0 Å². The van der Waals surface area contributed by atoms with Crippen molar-refractivity contribution in [1.82, 2.24) is 5.32 Å². The maximum atomic E-state index is 12.4. The average molecular weight is 291 g/mol. The van der Waals surface area contributed by atoms with Gasteiger partial charge in [-0.25, -0.2) is 0 Å². The quantitative estimate of drug-likeness (QED) is 0.888. The first-order valence-electron chi connectivity index (χ1n) is 6.84. The minimum absolute atomic E-state index is 0.427. The van der Waals surface area contributed by atoms with Crippen LogP contribution in [-0.2, 0) is 23.1 Å². The Hall–Kier alpha value is -1.39. The molecule has 3 nitrogen and oxygen atoms in total. The average Bonchev–Trinajstić information content (AvgIpc) is 2.86. The highest BCUT2D eigenvalue weighted by Gasteiger charge is 2.11. The van der Waals surface area contributed by atoms with E-state index in [-0.39, 0.29) is 0 Å². The SMILES string of the molecule is CCNCc1ccc(CS(=O)c2cc(C)ccc2C)o1. The molecule has 0 saturated heterocycles. The summed E-state index contributed by atoms with van der Waals surface area (Å²) < 4.78 is 18.1. The molecule has 0 spiro atoms. The third-order valence-electron chi connectivity index (χ3n) is 3.13. The van der Waals surface area contributed by atoms with Crippen molar-refractivity contribution in [3.63, 3.8) is 0 Å². The highest BCUT2D eigenvalue weighted by atomic mass is 32.2. The van der Waals surface area contributed by atoms with Crippen LogP contribution in [0.3, 0.4) is 0 Å². The molecule has 1 unspecified atom stereocenters. The van der Waals surface area contributed by atoms with E-state index in [0.29, 0.717) is 12.3 Å². The zero-order valence-corrected chi connectivity index (χ0v) is 13.0. The number of hydrogen-bond donors (Lipinski definition) is 1. The zero-order chi connectivity index (χ0) is 14.5. The fraction of sp³-hybridized carbons (Fsp3) is 0.375. The molecule has 0 amide bonds. The molecule has 2 rings (SSSR count). The van der Waals surface area contributed by atoms with Crippen LogP contribution in [0.5, 0.6) is 0 Å². The van der Waals surface area contributed by atoms with Crippen LogP contribution in [0.1, 0.15) is 29.6 Å². The van der Waals surface area contributed by atoms with E-state index < -0.39 is 10.8 Å². The first-order valence-corrected chi connectivity index (χ1v) is 8.16. The smallest absolute Gasteiger partial charge is 0.118 e. The maximum Gasteiger partial charge on any atom is 0.118 e. The molecule has 0 aliphatic carbocycles. The van der Waals surface area contributed by atoms with Crippen LogP contribution in [0, 0.1) is 13.8 Å². The Morgan fingerprint density at radius 1 is 1.15 bits per heavy atom. The molecule has 0 saturated carbocycles. The van der Waals surface area contributed by atoms with Gasteiger partial charge in [-0.3, -0.25) is 4.21 Å². The van der Waals surface area contributed by atoms with E-state index in [0.717, 1.165) is 34.1 Å². The molecule has 108 valence electrons. The monoisotopic (exact) mass is 291 g/mol. The number of nitrogens with one attached hydrogen (secondary N) is 1. The molecule has 1 heterocycles. The van der Waals surface area contributed by atoms with Gasteiger partial charge in [0.15, 0.2) is 0 Å². The van der Waals surface area contributed by atoms with Gasteiger partial charge in [-0.2, -0.15) is 0 Å². The number of benzene rings is 1. The molecule has 1 aromatic heterocycles. The Labute approximate surface area is 122 Å². The molecule has 1 atom stereocenters. The predicted molar refractivity (Wildman–Crippen MR) is 82.1 cm³/mol. The summed E-state index contributed by atoms with van der Waals surface area (Å²) in [5, 5.41) is 3.21. The molecule has 0 aliphatic heterocycles. The molecule has 2 aromatic rings. The summed E-state index contributed by atoms with van der Waals surface area (Å²) in [7, 11) is -1.06. The highest BCUT2D eigenvalue weighted by molar-refractivity contribution is 7.84. The second-order valence-electron chi connectivity index (χ2n) is 4.91. The fourth-order valence-electron chi connectivity index (χ4n) is 2.00. The maximum absolute atomic E-state index is 12.4. The lowest BCUT2D eigenvalue weighted by molar-refractivity contribution is 0.461. The molecule has 4 heteroatoms. The van der Waals surface area contributed by atoms with Gasteiger partial charge in [0.25, 0.3) is 0 Å². The molecular weight excluding hydrogens is 270 g/mol. The molecule has 0 fully saturated rings. The lowest BCUT2D eigenvalue weighted by Gasteiger charge is -2.06. The van der Waals surface area contributed by atoms with Gasteiger partial charge in [0, 0.05) is 4.90 Å². The summed E-state index contributed by atoms with van der Waals surface area (Å²) in [6.07, 6.45) is 0. The molecular formula is C16H21NO2S. The van der Waals surface area contributed by atoms with Crippen molar-refractivity contribution in [2.75, 3.05) is 6.54 Å². The summed E-state index contributed by atoms with van der Waals surface area (Å²) in [5.41, 5.74) is 2.19. The molecule has 1 N–H and O–H groups in total. The van der Waals surface area contributed by atoms with Crippen LogP contribution in [-0.4, -0.2) is 10.8 Å². The van der Waals surface area contributed by atoms with E-state index in [1.807, 2.05) is 44.2 Å². The largest absolute Gasteiger partial charge is 0.464 e. The summed E-state index contributed by atoms with van der Waals surface area (Å²) in [6.45, 7) is 7.68. The van der Waals surface area contributed by atoms with E-state index in [4.69, 9.17) is 4.42 Å². The minimum atomic E-state index is -1.06. The van der Waals surface area contributed by atoms with Gasteiger partial charge < -0.3 is 9.73 Å². The van der Waals surface area contributed by atoms with Gasteiger partial charge in [-0.15, -0.1) is 0 Å². The van der Waals surface area contributed by atoms with Crippen molar-refractivity contribution in [3.8, 4) is 0 Å². The van der Waals surface area contributed by atoms with Crippen LogP contribution in [0.25, 0.3) is 0 Å². The Bertz CT molecular complexity index is 604. The van der Waals surface area contributed by atoms with Crippen molar-refractivity contribution in [2.24, 2.45) is 0 Å². The standard InChI is InChI=1S/C16H21NO2S/c1-4-17-10-14-7-8-15(19-14)11-20(18)16-9-12(2)5-6-13(16)3/h5-9,17H,4,10-11H2,1-3H3. The molecule has 0 aliphatic rings. The molecule has 0 radical (unpaired) electrons. The lowest BCUT2D eigenvalue weighted by Crippen LogP contribution is -2.10. The van der Waals surface area contributed by atoms with Crippen LogP contribution < -0.4 is 5.32 Å². The topological polar surface area (TPSA) is 42.2 Å². The van der Waals surface area contributed by atoms with Crippen molar-refractivity contribution in [3.05, 3.63) is 53.0 Å². The summed E-state index contributed by atoms with van der Waals surface area (Å²) in [6, 6.07) is 9.90. The Kier molecular flexibility index (Phi) is 5.15. The van der Waals surface area contributed by atoms with Crippen molar-refractivity contribution < 1.29 is 8.63 Å². The van der Waals surface area contributed by atoms with Crippen LogP contribution in [0.2, 0.25) is 0 Å². The second-order valence-corrected chi connectivity index (χ2v) is 6.33. The predicted octanol–water partition coefficient (Wildman–Crippen LogP) is 3.31. The first-order chi connectivity index (χ1) is 9.60. The van der Waals surface area contributed by atoms with Gasteiger partial charge >= 0.3 is 0 Å². The van der Waals surface area contributed by atoms with Crippen molar-refractivity contribution >= 4 is 10.8 Å². The normalized spacial score (nSPS) is 12.6.